The highest BCUT2D eigenvalue weighted by Crippen LogP contribution is 2.43. The lowest BCUT2D eigenvalue weighted by molar-refractivity contribution is 0.697. The SMILES string of the molecule is c1cc(-c2nnc(-c3cc4c(s3)CCCC4)s2)sc1-c1nnc(-c2cc3c(s2)CCCC3)s1. The number of fused-ring (bicyclic) bond motifs is 2. The largest absolute Gasteiger partial charge is 0.158 e. The van der Waals surface area contributed by atoms with Crippen LogP contribution >= 0.6 is 56.7 Å². The molecule has 0 atom stereocenters. The molecule has 2 aliphatic rings. The van der Waals surface area contributed by atoms with Crippen molar-refractivity contribution in [3.8, 4) is 39.5 Å². The molecule has 5 heterocycles. The van der Waals surface area contributed by atoms with Crippen molar-refractivity contribution >= 4 is 56.7 Å². The maximum absolute atomic E-state index is 4.53. The summed E-state index contributed by atoms with van der Waals surface area (Å²) in [4.78, 5) is 7.94. The Hall–Kier alpha value is -1.78. The number of hydrogen-bond donors (Lipinski definition) is 0. The summed E-state index contributed by atoms with van der Waals surface area (Å²) in [6, 6.07) is 8.98. The van der Waals surface area contributed by atoms with Gasteiger partial charge in [0.1, 0.15) is 0 Å². The molecule has 5 aromatic rings. The van der Waals surface area contributed by atoms with Crippen LogP contribution in [0.3, 0.4) is 0 Å². The van der Waals surface area contributed by atoms with Crippen LogP contribution < -0.4 is 0 Å². The Morgan fingerprint density at radius 2 is 0.879 bits per heavy atom. The third-order valence-corrected chi connectivity index (χ3v) is 12.4. The van der Waals surface area contributed by atoms with Crippen molar-refractivity contribution in [2.75, 3.05) is 0 Å². The molecule has 0 unspecified atom stereocenters. The summed E-state index contributed by atoms with van der Waals surface area (Å²) in [5.74, 6) is 0. The Labute approximate surface area is 212 Å². The molecule has 0 fully saturated rings. The van der Waals surface area contributed by atoms with Crippen molar-refractivity contribution in [1.29, 1.82) is 0 Å². The van der Waals surface area contributed by atoms with E-state index in [1.54, 1.807) is 43.8 Å². The van der Waals surface area contributed by atoms with Gasteiger partial charge in [-0.25, -0.2) is 0 Å². The third kappa shape index (κ3) is 3.83. The van der Waals surface area contributed by atoms with Gasteiger partial charge in [-0.15, -0.1) is 54.4 Å². The highest BCUT2D eigenvalue weighted by atomic mass is 32.1. The number of nitrogens with zero attached hydrogens (tertiary/aromatic N) is 4. The molecule has 5 aromatic heterocycles. The van der Waals surface area contributed by atoms with Gasteiger partial charge in [0.25, 0.3) is 0 Å². The Bertz CT molecular complexity index is 1290. The monoisotopic (exact) mass is 524 g/mol. The molecule has 9 heteroatoms. The lowest BCUT2D eigenvalue weighted by Gasteiger charge is -2.08. The number of hydrogen-bond acceptors (Lipinski definition) is 9. The van der Waals surface area contributed by atoms with E-state index in [-0.39, 0.29) is 0 Å². The summed E-state index contributed by atoms with van der Waals surface area (Å²) in [5, 5.41) is 22.2. The molecule has 0 aromatic carbocycles. The van der Waals surface area contributed by atoms with Crippen LogP contribution in [0.15, 0.2) is 24.3 Å². The van der Waals surface area contributed by atoms with Crippen LogP contribution in [0.2, 0.25) is 0 Å². The van der Waals surface area contributed by atoms with E-state index in [9.17, 15) is 0 Å². The summed E-state index contributed by atoms with van der Waals surface area (Å²) in [7, 11) is 0. The first-order chi connectivity index (χ1) is 16.3. The van der Waals surface area contributed by atoms with Crippen LogP contribution in [0.1, 0.15) is 46.6 Å². The summed E-state index contributed by atoms with van der Waals surface area (Å²) in [6.07, 6.45) is 10.1. The fourth-order valence-corrected chi connectivity index (χ4v) is 9.99. The second-order valence-corrected chi connectivity index (χ2v) is 13.8. The lowest BCUT2D eigenvalue weighted by atomic mass is 9.99. The van der Waals surface area contributed by atoms with Crippen molar-refractivity contribution in [3.05, 3.63) is 45.1 Å². The predicted molar refractivity (Wildman–Crippen MR) is 142 cm³/mol. The van der Waals surface area contributed by atoms with Crippen LogP contribution in [-0.4, -0.2) is 20.4 Å². The van der Waals surface area contributed by atoms with Gasteiger partial charge in [-0.3, -0.25) is 0 Å². The summed E-state index contributed by atoms with van der Waals surface area (Å²) < 4.78 is 0. The lowest BCUT2D eigenvalue weighted by Crippen LogP contribution is -1.96. The minimum atomic E-state index is 0.989. The smallest absolute Gasteiger partial charge is 0.137 e. The average Bonchev–Trinajstić information content (AvgIpc) is 3.66. The molecule has 33 heavy (non-hydrogen) atoms. The zero-order valence-electron chi connectivity index (χ0n) is 17.8. The Balaban J connectivity index is 1.14. The van der Waals surface area contributed by atoms with Crippen LogP contribution in [0.5, 0.6) is 0 Å². The van der Waals surface area contributed by atoms with Gasteiger partial charge in [-0.2, -0.15) is 0 Å². The van der Waals surface area contributed by atoms with Gasteiger partial charge in [0.15, 0.2) is 20.0 Å². The number of rotatable bonds is 4. The quantitative estimate of drug-likeness (QED) is 0.239. The standard InChI is InChI=1S/C24H20N4S5/c1-3-7-15-13(5-1)11-19(29-15)23-27-25-21(32-23)17-9-10-18(31-17)22-26-28-24(33-22)20-12-14-6-2-4-8-16(14)30-20/h9-12H,1-8H2. The zero-order chi connectivity index (χ0) is 21.8. The first-order valence-corrected chi connectivity index (χ1v) is 15.4. The van der Waals surface area contributed by atoms with Gasteiger partial charge in [0, 0.05) is 9.75 Å². The maximum Gasteiger partial charge on any atom is 0.158 e. The molecule has 2 aliphatic carbocycles. The van der Waals surface area contributed by atoms with E-state index in [0.29, 0.717) is 0 Å². The molecular weight excluding hydrogens is 505 g/mol. The minimum absolute atomic E-state index is 0.989. The fraction of sp³-hybridized carbons (Fsp3) is 0.333. The van der Waals surface area contributed by atoms with E-state index < -0.39 is 0 Å². The van der Waals surface area contributed by atoms with Gasteiger partial charge < -0.3 is 0 Å². The van der Waals surface area contributed by atoms with Crippen molar-refractivity contribution < 1.29 is 0 Å². The number of aromatic nitrogens is 4. The van der Waals surface area contributed by atoms with Crippen LogP contribution in [0.25, 0.3) is 39.5 Å². The first kappa shape index (κ1) is 20.6. The van der Waals surface area contributed by atoms with E-state index in [2.05, 4.69) is 44.7 Å². The minimum Gasteiger partial charge on any atom is -0.137 e. The molecule has 0 bridgehead atoms. The van der Waals surface area contributed by atoms with E-state index in [1.807, 2.05) is 22.7 Å². The van der Waals surface area contributed by atoms with Crippen molar-refractivity contribution in [1.82, 2.24) is 20.4 Å². The van der Waals surface area contributed by atoms with Crippen LogP contribution in [0.4, 0.5) is 0 Å². The third-order valence-electron chi connectivity index (χ3n) is 6.29. The highest BCUT2D eigenvalue weighted by Gasteiger charge is 2.20. The van der Waals surface area contributed by atoms with E-state index in [4.69, 9.17) is 0 Å². The second kappa shape index (κ2) is 8.46. The number of thiophene rings is 3. The zero-order valence-corrected chi connectivity index (χ0v) is 21.9. The average molecular weight is 525 g/mol. The molecule has 7 rings (SSSR count). The summed E-state index contributed by atoms with van der Waals surface area (Å²) in [5.41, 5.74) is 3.05. The molecule has 0 spiro atoms. The van der Waals surface area contributed by atoms with Crippen LogP contribution in [-0.2, 0) is 25.7 Å². The molecular formula is C24H20N4S5. The predicted octanol–water partition coefficient (Wildman–Crippen LogP) is 8.00. The molecule has 4 nitrogen and oxygen atoms in total. The molecule has 0 amide bonds. The van der Waals surface area contributed by atoms with Crippen molar-refractivity contribution in [2.45, 2.75) is 51.4 Å². The fourth-order valence-electron chi connectivity index (χ4n) is 4.60. The van der Waals surface area contributed by atoms with Gasteiger partial charge in [-0.1, -0.05) is 22.7 Å². The Morgan fingerprint density at radius 1 is 0.455 bits per heavy atom. The van der Waals surface area contributed by atoms with E-state index >= 15 is 0 Å². The molecule has 0 N–H and O–H groups in total. The number of aryl methyl sites for hydroxylation is 4. The van der Waals surface area contributed by atoms with Gasteiger partial charge in [0.2, 0.25) is 0 Å². The van der Waals surface area contributed by atoms with E-state index in [1.165, 1.54) is 72.2 Å². The molecule has 166 valence electrons. The normalized spacial score (nSPS) is 15.5. The first-order valence-electron chi connectivity index (χ1n) is 11.3. The molecule has 0 aliphatic heterocycles. The Morgan fingerprint density at radius 3 is 1.33 bits per heavy atom. The maximum atomic E-state index is 4.53. The van der Waals surface area contributed by atoms with E-state index in [0.717, 1.165) is 29.8 Å². The van der Waals surface area contributed by atoms with Gasteiger partial charge >= 0.3 is 0 Å². The second-order valence-electron chi connectivity index (χ2n) is 8.52. The summed E-state index contributed by atoms with van der Waals surface area (Å²) >= 11 is 8.94. The van der Waals surface area contributed by atoms with Crippen molar-refractivity contribution in [3.63, 3.8) is 0 Å². The van der Waals surface area contributed by atoms with Gasteiger partial charge in [0.05, 0.1) is 19.5 Å². The van der Waals surface area contributed by atoms with Crippen molar-refractivity contribution in [2.24, 2.45) is 0 Å². The van der Waals surface area contributed by atoms with Crippen LogP contribution in [0, 0.1) is 0 Å². The Kier molecular flexibility index (Phi) is 5.28. The molecule has 0 saturated carbocycles. The molecule has 0 saturated heterocycles. The summed E-state index contributed by atoms with van der Waals surface area (Å²) in [6.45, 7) is 0. The molecule has 0 radical (unpaired) electrons. The van der Waals surface area contributed by atoms with Gasteiger partial charge in [-0.05, 0) is 86.8 Å². The highest BCUT2D eigenvalue weighted by molar-refractivity contribution is 7.29. The topological polar surface area (TPSA) is 51.6 Å².